The molecule has 0 aromatic heterocycles. The molecule has 42 heavy (non-hydrogen) atoms. The highest BCUT2D eigenvalue weighted by Gasteiger charge is 2.53. The Labute approximate surface area is 251 Å². The van der Waals surface area contributed by atoms with Crippen molar-refractivity contribution in [3.63, 3.8) is 0 Å². The number of carboxylic acids is 1. The molecule has 3 amide bonds. The molecule has 2 aliphatic heterocycles. The van der Waals surface area contributed by atoms with Gasteiger partial charge >= 0.3 is 25.3 Å². The van der Waals surface area contributed by atoms with Gasteiger partial charge in [-0.25, -0.2) is 14.4 Å². The molecule has 0 bridgehead atoms. The number of piperidine rings is 1. The molecule has 0 aromatic carbocycles. The van der Waals surface area contributed by atoms with Gasteiger partial charge in [-0.15, -0.1) is 0 Å². The molecule has 0 spiro atoms. The third-order valence-electron chi connectivity index (χ3n) is 7.87. The van der Waals surface area contributed by atoms with Crippen LogP contribution < -0.4 is 10.6 Å². The summed E-state index contributed by atoms with van der Waals surface area (Å²) < 4.78 is 23.0. The molecule has 0 aromatic rings. The van der Waals surface area contributed by atoms with Crippen LogP contribution in [-0.2, 0) is 28.4 Å². The minimum atomic E-state index is -1.60. The van der Waals surface area contributed by atoms with Crippen LogP contribution in [0.4, 0.5) is 9.59 Å². The summed E-state index contributed by atoms with van der Waals surface area (Å²) in [6.07, 6.45) is 0.694. The van der Waals surface area contributed by atoms with Gasteiger partial charge in [0.15, 0.2) is 0 Å². The van der Waals surface area contributed by atoms with Crippen molar-refractivity contribution in [2.24, 2.45) is 0 Å². The molecule has 2 aliphatic rings. The maximum atomic E-state index is 13.2. The molecule has 1 unspecified atom stereocenters. The molecule has 240 valence electrons. The van der Waals surface area contributed by atoms with E-state index in [9.17, 15) is 24.3 Å². The van der Waals surface area contributed by atoms with Crippen molar-refractivity contribution in [1.82, 2.24) is 15.5 Å². The Morgan fingerprint density at radius 3 is 2.02 bits per heavy atom. The predicted molar refractivity (Wildman–Crippen MR) is 158 cm³/mol. The Morgan fingerprint density at radius 2 is 1.52 bits per heavy atom. The largest absolute Gasteiger partial charge is 0.479 e. The van der Waals surface area contributed by atoms with E-state index in [1.54, 1.807) is 41.5 Å². The Morgan fingerprint density at radius 1 is 0.976 bits per heavy atom. The van der Waals surface area contributed by atoms with Gasteiger partial charge in [0.1, 0.15) is 22.8 Å². The number of hydrogen-bond donors (Lipinski definition) is 3. The summed E-state index contributed by atoms with van der Waals surface area (Å²) in [4.78, 5) is 52.6. The van der Waals surface area contributed by atoms with Crippen molar-refractivity contribution in [2.45, 2.75) is 155 Å². The first kappa shape index (κ1) is 35.7. The maximum Gasteiger partial charge on any atom is 0.457 e. The first-order chi connectivity index (χ1) is 19.0. The number of rotatable bonds is 9. The summed E-state index contributed by atoms with van der Waals surface area (Å²) in [6, 6.07) is -1.46. The van der Waals surface area contributed by atoms with Gasteiger partial charge < -0.3 is 34.5 Å². The lowest BCUT2D eigenvalue weighted by molar-refractivity contribution is -0.155. The molecule has 12 nitrogen and oxygen atoms in total. The fraction of sp³-hybridized carbons (Fsp3) is 0.862. The molecular weight excluding hydrogens is 545 g/mol. The number of likely N-dealkylation sites (tertiary alicyclic amines) is 1. The number of nitrogens with one attached hydrogen (secondary N) is 2. The Bertz CT molecular complexity index is 989. The quantitative estimate of drug-likeness (QED) is 0.258. The molecule has 2 saturated heterocycles. The highest BCUT2D eigenvalue weighted by molar-refractivity contribution is 6.45. The molecule has 0 aliphatic carbocycles. The second-order valence-electron chi connectivity index (χ2n) is 14.5. The zero-order chi connectivity index (χ0) is 32.3. The minimum Gasteiger partial charge on any atom is -0.479 e. The third-order valence-corrected chi connectivity index (χ3v) is 7.87. The van der Waals surface area contributed by atoms with Crippen LogP contribution in [-0.4, -0.2) is 87.8 Å². The fourth-order valence-electron chi connectivity index (χ4n) is 5.06. The lowest BCUT2D eigenvalue weighted by atomic mass is 9.77. The first-order valence-electron chi connectivity index (χ1n) is 14.9. The summed E-state index contributed by atoms with van der Waals surface area (Å²) in [7, 11) is -0.407. The Hall–Kier alpha value is -2.54. The van der Waals surface area contributed by atoms with E-state index in [2.05, 4.69) is 10.6 Å². The molecule has 0 radical (unpaired) electrons. The predicted octanol–water partition coefficient (Wildman–Crippen LogP) is 4.50. The van der Waals surface area contributed by atoms with E-state index < -0.39 is 71.2 Å². The monoisotopic (exact) mass is 597 g/mol. The average molecular weight is 598 g/mol. The van der Waals surface area contributed by atoms with Crippen LogP contribution >= 0.6 is 0 Å². The van der Waals surface area contributed by atoms with Gasteiger partial charge in [-0.2, -0.15) is 0 Å². The highest BCUT2D eigenvalue weighted by atomic mass is 16.7. The van der Waals surface area contributed by atoms with Crippen LogP contribution in [0.15, 0.2) is 0 Å². The highest BCUT2D eigenvalue weighted by Crippen LogP contribution is 2.39. The first-order valence-corrected chi connectivity index (χ1v) is 14.9. The van der Waals surface area contributed by atoms with E-state index in [0.29, 0.717) is 25.6 Å². The number of alkyl carbamates (subject to hydrolysis) is 1. The SMILES string of the molecule is CC(NC(=O)OC(C)(C)C)C(=O)N[C@H]1CCN(C(=O)OC(C)(C)C)[C@@](CCCCB2OC(C)(C)C(C)(C)O2)(C(=O)O)C1. The van der Waals surface area contributed by atoms with E-state index >= 15 is 0 Å². The number of unbranched alkanes of at least 4 members (excludes halogenated alkanes) is 1. The van der Waals surface area contributed by atoms with Gasteiger partial charge in [-0.05, 0) is 95.3 Å². The fourth-order valence-corrected chi connectivity index (χ4v) is 5.06. The van der Waals surface area contributed by atoms with Gasteiger partial charge in [-0.3, -0.25) is 9.69 Å². The lowest BCUT2D eigenvalue weighted by Crippen LogP contribution is -2.65. The van der Waals surface area contributed by atoms with Crippen LogP contribution in [0, 0.1) is 0 Å². The number of amides is 3. The van der Waals surface area contributed by atoms with Gasteiger partial charge in [0.05, 0.1) is 11.2 Å². The second kappa shape index (κ2) is 13.0. The number of carboxylic acid groups (broad SMARTS) is 1. The molecular formula is C29H52BN3O9. The molecule has 2 rings (SSSR count). The Kier molecular flexibility index (Phi) is 11.0. The summed E-state index contributed by atoms with van der Waals surface area (Å²) >= 11 is 0. The minimum absolute atomic E-state index is 0.0109. The summed E-state index contributed by atoms with van der Waals surface area (Å²) in [5.41, 5.74) is -4.06. The van der Waals surface area contributed by atoms with Gasteiger partial charge in [-0.1, -0.05) is 12.8 Å². The normalized spacial score (nSPS) is 24.5. The number of carbonyl (C=O) groups excluding carboxylic acids is 3. The van der Waals surface area contributed by atoms with E-state index in [4.69, 9.17) is 18.8 Å². The van der Waals surface area contributed by atoms with Crippen LogP contribution in [0.3, 0.4) is 0 Å². The molecule has 3 N–H and O–H groups in total. The Balaban J connectivity index is 2.15. The van der Waals surface area contributed by atoms with Crippen molar-refractivity contribution in [2.75, 3.05) is 6.54 Å². The van der Waals surface area contributed by atoms with Crippen molar-refractivity contribution in [3.8, 4) is 0 Å². The van der Waals surface area contributed by atoms with Crippen molar-refractivity contribution in [3.05, 3.63) is 0 Å². The standard InChI is InChI=1S/C29H52BN3O9/c1-19(31-23(37)39-25(2,3)4)21(34)32-20-14-17-33(24(38)40-26(5,6)7)29(18-20,22(35)36)15-12-13-16-30-41-27(8,9)28(10,11)42-30/h19-20H,12-18H2,1-11H3,(H,31,37)(H,32,34)(H,35,36)/t19?,20-,29+/m0/s1. The van der Waals surface area contributed by atoms with Gasteiger partial charge in [0.25, 0.3) is 0 Å². The van der Waals surface area contributed by atoms with E-state index in [1.807, 2.05) is 27.7 Å². The summed E-state index contributed by atoms with van der Waals surface area (Å²) in [5.74, 6) is -1.64. The number of aliphatic carboxylic acids is 1. The van der Waals surface area contributed by atoms with Crippen LogP contribution in [0.25, 0.3) is 0 Å². The number of carbonyl (C=O) groups is 4. The zero-order valence-corrected chi connectivity index (χ0v) is 27.3. The smallest absolute Gasteiger partial charge is 0.457 e. The number of hydrogen-bond acceptors (Lipinski definition) is 8. The second-order valence-corrected chi connectivity index (χ2v) is 14.5. The molecule has 2 heterocycles. The summed E-state index contributed by atoms with van der Waals surface area (Å²) in [5, 5.41) is 15.9. The van der Waals surface area contributed by atoms with E-state index in [-0.39, 0.29) is 19.4 Å². The zero-order valence-electron chi connectivity index (χ0n) is 27.3. The maximum absolute atomic E-state index is 13.2. The van der Waals surface area contributed by atoms with Gasteiger partial charge in [0, 0.05) is 19.0 Å². The third kappa shape index (κ3) is 9.49. The topological polar surface area (TPSA) is 153 Å². The van der Waals surface area contributed by atoms with Crippen LogP contribution in [0.5, 0.6) is 0 Å². The van der Waals surface area contributed by atoms with Crippen molar-refractivity contribution >= 4 is 31.2 Å². The van der Waals surface area contributed by atoms with E-state index in [1.165, 1.54) is 11.8 Å². The van der Waals surface area contributed by atoms with Crippen molar-refractivity contribution in [1.29, 1.82) is 0 Å². The molecule has 13 heteroatoms. The number of nitrogens with zero attached hydrogens (tertiary/aromatic N) is 1. The lowest BCUT2D eigenvalue weighted by Gasteiger charge is -2.47. The molecule has 0 saturated carbocycles. The van der Waals surface area contributed by atoms with E-state index in [0.717, 1.165) is 0 Å². The summed E-state index contributed by atoms with van der Waals surface area (Å²) in [6.45, 7) is 19.8. The molecule has 3 atom stereocenters. The van der Waals surface area contributed by atoms with Crippen LogP contribution in [0.2, 0.25) is 6.32 Å². The number of ether oxygens (including phenoxy) is 2. The van der Waals surface area contributed by atoms with Crippen molar-refractivity contribution < 1.29 is 43.1 Å². The van der Waals surface area contributed by atoms with Gasteiger partial charge in [0.2, 0.25) is 5.91 Å². The molecule has 2 fully saturated rings. The average Bonchev–Trinajstić information content (AvgIpc) is 2.99. The van der Waals surface area contributed by atoms with Crippen LogP contribution in [0.1, 0.15) is 108 Å².